The van der Waals surface area contributed by atoms with Gasteiger partial charge >= 0.3 is 0 Å². The van der Waals surface area contributed by atoms with Crippen LogP contribution in [0.15, 0.2) is 58.3 Å². The van der Waals surface area contributed by atoms with Crippen LogP contribution in [0.3, 0.4) is 0 Å². The van der Waals surface area contributed by atoms with Gasteiger partial charge in [0.25, 0.3) is 10.0 Å². The molecule has 0 saturated carbocycles. The summed E-state index contributed by atoms with van der Waals surface area (Å²) in [5.74, 6) is 0. The number of anilines is 1. The molecule has 2 aromatic rings. The zero-order valence-electron chi connectivity index (χ0n) is 14.6. The Labute approximate surface area is 154 Å². The van der Waals surface area contributed by atoms with E-state index in [2.05, 4.69) is 9.44 Å². The van der Waals surface area contributed by atoms with Crippen molar-refractivity contribution in [2.45, 2.75) is 23.1 Å². The summed E-state index contributed by atoms with van der Waals surface area (Å²) in [6.45, 7) is 2.59. The van der Waals surface area contributed by atoms with Gasteiger partial charge in [-0.05, 0) is 49.7 Å². The van der Waals surface area contributed by atoms with Crippen LogP contribution in [0.4, 0.5) is 5.69 Å². The molecule has 0 bridgehead atoms. The number of methoxy groups -OCH3 is 1. The smallest absolute Gasteiger partial charge is 0.261 e. The zero-order chi connectivity index (χ0) is 19.2. The maximum atomic E-state index is 12.3. The van der Waals surface area contributed by atoms with Gasteiger partial charge in [0.15, 0.2) is 0 Å². The van der Waals surface area contributed by atoms with Crippen LogP contribution in [0.5, 0.6) is 0 Å². The van der Waals surface area contributed by atoms with Gasteiger partial charge in [-0.25, -0.2) is 21.6 Å². The van der Waals surface area contributed by atoms with Gasteiger partial charge in [0.05, 0.1) is 9.79 Å². The largest absolute Gasteiger partial charge is 0.385 e. The van der Waals surface area contributed by atoms with E-state index in [0.717, 1.165) is 5.56 Å². The minimum atomic E-state index is -3.73. The average Bonchev–Trinajstić information content (AvgIpc) is 2.59. The Kier molecular flexibility index (Phi) is 6.76. The third kappa shape index (κ3) is 5.53. The highest BCUT2D eigenvalue weighted by Gasteiger charge is 2.16. The van der Waals surface area contributed by atoms with E-state index in [-0.39, 0.29) is 22.0 Å². The second-order valence-electron chi connectivity index (χ2n) is 5.69. The summed E-state index contributed by atoms with van der Waals surface area (Å²) in [5.41, 5.74) is 1.24. The van der Waals surface area contributed by atoms with Crippen LogP contribution in [0.2, 0.25) is 0 Å². The Morgan fingerprint density at radius 3 is 1.96 bits per heavy atom. The topological polar surface area (TPSA) is 102 Å². The van der Waals surface area contributed by atoms with Crippen molar-refractivity contribution >= 4 is 25.7 Å². The molecule has 0 atom stereocenters. The first-order chi connectivity index (χ1) is 12.2. The second-order valence-corrected chi connectivity index (χ2v) is 9.14. The van der Waals surface area contributed by atoms with Crippen LogP contribution in [-0.4, -0.2) is 37.1 Å². The van der Waals surface area contributed by atoms with Crippen LogP contribution in [0.25, 0.3) is 0 Å². The fourth-order valence-electron chi connectivity index (χ4n) is 2.14. The molecule has 0 aliphatic rings. The van der Waals surface area contributed by atoms with E-state index in [4.69, 9.17) is 4.74 Å². The molecule has 0 aliphatic heterocycles. The predicted molar refractivity (Wildman–Crippen MR) is 100 cm³/mol. The number of nitrogens with one attached hydrogen (secondary N) is 2. The molecule has 9 heteroatoms. The number of ether oxygens (including phenoxy) is 1. The molecule has 7 nitrogen and oxygen atoms in total. The van der Waals surface area contributed by atoms with Gasteiger partial charge in [0, 0.05) is 25.9 Å². The van der Waals surface area contributed by atoms with Gasteiger partial charge in [-0.1, -0.05) is 17.7 Å². The fourth-order valence-corrected chi connectivity index (χ4v) is 4.27. The van der Waals surface area contributed by atoms with Crippen molar-refractivity contribution in [1.82, 2.24) is 4.72 Å². The van der Waals surface area contributed by atoms with E-state index in [1.807, 2.05) is 6.92 Å². The van der Waals surface area contributed by atoms with E-state index in [1.165, 1.54) is 36.4 Å². The molecule has 0 aliphatic carbocycles. The summed E-state index contributed by atoms with van der Waals surface area (Å²) in [7, 11) is -5.82. The molecule has 142 valence electrons. The van der Waals surface area contributed by atoms with Gasteiger partial charge in [0.1, 0.15) is 0 Å². The Bertz CT molecular complexity index is 922. The van der Waals surface area contributed by atoms with Gasteiger partial charge in [0.2, 0.25) is 10.0 Å². The zero-order valence-corrected chi connectivity index (χ0v) is 16.2. The van der Waals surface area contributed by atoms with Crippen LogP contribution in [-0.2, 0) is 24.8 Å². The number of benzene rings is 2. The molecule has 0 unspecified atom stereocenters. The summed E-state index contributed by atoms with van der Waals surface area (Å²) in [6, 6.07) is 12.0. The molecule has 2 aromatic carbocycles. The summed E-state index contributed by atoms with van der Waals surface area (Å²) in [4.78, 5) is 0.202. The van der Waals surface area contributed by atoms with Crippen molar-refractivity contribution in [3.63, 3.8) is 0 Å². The lowest BCUT2D eigenvalue weighted by atomic mass is 10.2. The monoisotopic (exact) mass is 398 g/mol. The minimum absolute atomic E-state index is 0.0631. The number of rotatable bonds is 9. The normalized spacial score (nSPS) is 12.1. The minimum Gasteiger partial charge on any atom is -0.385 e. The van der Waals surface area contributed by atoms with Gasteiger partial charge in [-0.3, -0.25) is 4.72 Å². The number of hydrogen-bond donors (Lipinski definition) is 2. The van der Waals surface area contributed by atoms with Crippen molar-refractivity contribution in [2.24, 2.45) is 0 Å². The van der Waals surface area contributed by atoms with Crippen LogP contribution in [0.1, 0.15) is 12.0 Å². The van der Waals surface area contributed by atoms with Crippen molar-refractivity contribution in [3.8, 4) is 0 Å². The lowest BCUT2D eigenvalue weighted by Gasteiger charge is -2.10. The first-order valence-corrected chi connectivity index (χ1v) is 10.9. The molecule has 0 amide bonds. The molecular weight excluding hydrogens is 376 g/mol. The Balaban J connectivity index is 2.08. The van der Waals surface area contributed by atoms with Gasteiger partial charge in [-0.15, -0.1) is 0 Å². The highest BCUT2D eigenvalue weighted by molar-refractivity contribution is 7.92. The predicted octanol–water partition coefficient (Wildman–Crippen LogP) is 2.11. The van der Waals surface area contributed by atoms with E-state index >= 15 is 0 Å². The molecular formula is C17H22N2O5S2. The maximum absolute atomic E-state index is 12.3. The third-order valence-electron chi connectivity index (χ3n) is 3.57. The molecule has 0 spiro atoms. The molecule has 0 aromatic heterocycles. The Morgan fingerprint density at radius 1 is 0.846 bits per heavy atom. The SMILES string of the molecule is COCCCNS(=O)(=O)c1ccc(NS(=O)(=O)c2ccc(C)cc2)cc1. The van der Waals surface area contributed by atoms with Crippen molar-refractivity contribution in [2.75, 3.05) is 25.0 Å². The number of aryl methyl sites for hydroxylation is 1. The first-order valence-electron chi connectivity index (χ1n) is 7.93. The maximum Gasteiger partial charge on any atom is 0.261 e. The lowest BCUT2D eigenvalue weighted by Crippen LogP contribution is -2.25. The summed E-state index contributed by atoms with van der Waals surface area (Å²) < 4.78 is 58.8. The summed E-state index contributed by atoms with van der Waals surface area (Å²) in [5, 5.41) is 0. The molecule has 2 N–H and O–H groups in total. The van der Waals surface area contributed by atoms with E-state index in [9.17, 15) is 16.8 Å². The molecule has 26 heavy (non-hydrogen) atoms. The van der Waals surface area contributed by atoms with Gasteiger partial charge < -0.3 is 4.74 Å². The molecule has 2 rings (SSSR count). The number of sulfonamides is 2. The van der Waals surface area contributed by atoms with Crippen LogP contribution >= 0.6 is 0 Å². The van der Waals surface area contributed by atoms with Crippen molar-refractivity contribution in [3.05, 3.63) is 54.1 Å². The summed E-state index contributed by atoms with van der Waals surface area (Å²) in [6.07, 6.45) is 0.560. The van der Waals surface area contributed by atoms with Crippen molar-refractivity contribution < 1.29 is 21.6 Å². The van der Waals surface area contributed by atoms with Crippen LogP contribution < -0.4 is 9.44 Å². The average molecular weight is 399 g/mol. The lowest BCUT2D eigenvalue weighted by molar-refractivity contribution is 0.196. The summed E-state index contributed by atoms with van der Waals surface area (Å²) >= 11 is 0. The number of hydrogen-bond acceptors (Lipinski definition) is 5. The molecule has 0 fully saturated rings. The highest BCUT2D eigenvalue weighted by Crippen LogP contribution is 2.18. The molecule has 0 heterocycles. The van der Waals surface area contributed by atoms with Crippen LogP contribution in [0, 0.1) is 6.92 Å². The Hall–Kier alpha value is -1.94. The highest BCUT2D eigenvalue weighted by atomic mass is 32.2. The van der Waals surface area contributed by atoms with Crippen molar-refractivity contribution in [1.29, 1.82) is 0 Å². The fraction of sp³-hybridized carbons (Fsp3) is 0.294. The molecule has 0 saturated heterocycles. The Morgan fingerprint density at radius 2 is 1.38 bits per heavy atom. The van der Waals surface area contributed by atoms with Gasteiger partial charge in [-0.2, -0.15) is 0 Å². The first kappa shape index (κ1) is 20.4. The quantitative estimate of drug-likeness (QED) is 0.630. The molecule has 0 radical (unpaired) electrons. The second kappa shape index (κ2) is 8.63. The standard InChI is InChI=1S/C17H22N2O5S2/c1-14-4-8-17(9-5-14)26(22,23)19-15-6-10-16(11-7-15)25(20,21)18-12-3-13-24-2/h4-11,18-19H,3,12-13H2,1-2H3. The van der Waals surface area contributed by atoms with E-state index < -0.39 is 20.0 Å². The third-order valence-corrected chi connectivity index (χ3v) is 6.44. The van der Waals surface area contributed by atoms with E-state index in [0.29, 0.717) is 13.0 Å². The van der Waals surface area contributed by atoms with E-state index in [1.54, 1.807) is 19.2 Å².